The third kappa shape index (κ3) is 6.34. The summed E-state index contributed by atoms with van der Waals surface area (Å²) in [5, 5.41) is 0. The van der Waals surface area contributed by atoms with E-state index in [9.17, 15) is 8.78 Å². The number of morpholine rings is 1. The predicted octanol–water partition coefficient (Wildman–Crippen LogP) is 5.56. The fourth-order valence-corrected chi connectivity index (χ4v) is 6.51. The number of fused-ring (bicyclic) bond motifs is 1. The average molecular weight is 596 g/mol. The molecule has 0 aliphatic carbocycles. The van der Waals surface area contributed by atoms with Crippen LogP contribution in [0.4, 0.5) is 19.0 Å². The van der Waals surface area contributed by atoms with E-state index < -0.39 is 17.8 Å². The molecule has 1 aromatic carbocycles. The van der Waals surface area contributed by atoms with Gasteiger partial charge in [0.15, 0.2) is 11.6 Å². The number of alkyl halides is 1. The number of benzene rings is 1. The number of halogens is 3. The van der Waals surface area contributed by atoms with Crippen LogP contribution in [0.3, 0.4) is 0 Å². The lowest BCUT2D eigenvalue weighted by Crippen LogP contribution is -2.50. The number of nitrogens with zero attached hydrogens (tertiary/aromatic N) is 7. The van der Waals surface area contributed by atoms with Gasteiger partial charge in [-0.2, -0.15) is 0 Å². The number of likely N-dealkylation sites (tertiary alicyclic amines) is 1. The molecule has 2 aromatic heterocycles. The van der Waals surface area contributed by atoms with Crippen molar-refractivity contribution in [3.63, 3.8) is 0 Å². The highest BCUT2D eigenvalue weighted by molar-refractivity contribution is 6.13. The minimum Gasteiger partial charge on any atom is -0.373 e. The van der Waals surface area contributed by atoms with Crippen LogP contribution in [0.15, 0.2) is 47.5 Å². The van der Waals surface area contributed by atoms with Gasteiger partial charge < -0.3 is 19.1 Å². The number of anilines is 1. The monoisotopic (exact) mass is 595 g/mol. The lowest BCUT2D eigenvalue weighted by Gasteiger charge is -2.41. The summed E-state index contributed by atoms with van der Waals surface area (Å²) in [7, 11) is 0. The standard InChI is InChI=1S/C32H40F3N7O/c1-21(2)42-22(3)38-31-26(34)13-24(14-28(31)42)30-27(35)18-41(20-37-30)29-6-5-23(15-36-29)16-40-11-12-43-32(4,19-40)8-10-39-9-7-25(33)17-39/h5-6,13-15,18,21,25H,7-12,16-17,19-20H2,1-4H3/t25-,32-/m1/s1. The Bertz CT molecular complexity index is 1540. The Hall–Kier alpha value is -3.28. The van der Waals surface area contributed by atoms with Crippen molar-refractivity contribution in [3.05, 3.63) is 65.3 Å². The highest BCUT2D eigenvalue weighted by Gasteiger charge is 2.33. The summed E-state index contributed by atoms with van der Waals surface area (Å²) in [6, 6.07) is 7.02. The maximum absolute atomic E-state index is 15.4. The van der Waals surface area contributed by atoms with Crippen LogP contribution in [0.5, 0.6) is 0 Å². The van der Waals surface area contributed by atoms with Crippen molar-refractivity contribution in [2.75, 3.05) is 50.9 Å². The van der Waals surface area contributed by atoms with Crippen LogP contribution in [0, 0.1) is 12.7 Å². The van der Waals surface area contributed by atoms with Gasteiger partial charge in [-0.3, -0.25) is 9.89 Å². The van der Waals surface area contributed by atoms with Crippen molar-refractivity contribution in [3.8, 4) is 0 Å². The first-order chi connectivity index (χ1) is 20.6. The zero-order valence-corrected chi connectivity index (χ0v) is 25.4. The summed E-state index contributed by atoms with van der Waals surface area (Å²) < 4.78 is 52.0. The molecule has 0 saturated carbocycles. The molecule has 3 aliphatic heterocycles. The topological polar surface area (TPSA) is 62.0 Å². The second kappa shape index (κ2) is 12.0. The van der Waals surface area contributed by atoms with Gasteiger partial charge in [0.2, 0.25) is 0 Å². The quantitative estimate of drug-likeness (QED) is 0.340. The molecule has 3 aromatic rings. The maximum Gasteiger partial charge on any atom is 0.165 e. The molecule has 43 heavy (non-hydrogen) atoms. The summed E-state index contributed by atoms with van der Waals surface area (Å²) in [4.78, 5) is 19.6. The van der Waals surface area contributed by atoms with Gasteiger partial charge in [0, 0.05) is 63.3 Å². The molecule has 5 heterocycles. The van der Waals surface area contributed by atoms with Crippen LogP contribution in [-0.4, -0.2) is 87.8 Å². The Morgan fingerprint density at radius 3 is 2.67 bits per heavy atom. The molecular weight excluding hydrogens is 555 g/mol. The number of pyridine rings is 1. The molecule has 0 N–H and O–H groups in total. The average Bonchev–Trinajstić information content (AvgIpc) is 3.54. The van der Waals surface area contributed by atoms with E-state index in [0.29, 0.717) is 42.3 Å². The highest BCUT2D eigenvalue weighted by atomic mass is 19.1. The number of aromatic nitrogens is 3. The van der Waals surface area contributed by atoms with Gasteiger partial charge in [-0.25, -0.2) is 23.1 Å². The summed E-state index contributed by atoms with van der Waals surface area (Å²) in [6.45, 7) is 13.4. The van der Waals surface area contributed by atoms with Gasteiger partial charge in [0.25, 0.3) is 0 Å². The molecule has 0 radical (unpaired) electrons. The van der Waals surface area contributed by atoms with Crippen LogP contribution in [0.1, 0.15) is 56.6 Å². The molecule has 3 aliphatic rings. The number of allylic oxidation sites excluding steroid dienone is 1. The lowest BCUT2D eigenvalue weighted by atomic mass is 9.99. The predicted molar refractivity (Wildman–Crippen MR) is 162 cm³/mol. The van der Waals surface area contributed by atoms with Gasteiger partial charge in [-0.1, -0.05) is 6.07 Å². The van der Waals surface area contributed by atoms with Gasteiger partial charge in [-0.05, 0) is 64.3 Å². The second-order valence-corrected chi connectivity index (χ2v) is 12.5. The zero-order valence-electron chi connectivity index (χ0n) is 25.4. The summed E-state index contributed by atoms with van der Waals surface area (Å²) in [5.74, 6) is 0.250. The Balaban J connectivity index is 1.09. The number of hydrogen-bond acceptors (Lipinski definition) is 7. The third-order valence-electron chi connectivity index (χ3n) is 8.69. The van der Waals surface area contributed by atoms with E-state index in [4.69, 9.17) is 4.74 Å². The molecule has 230 valence electrons. The molecule has 0 unspecified atom stereocenters. The van der Waals surface area contributed by atoms with E-state index in [2.05, 4.69) is 31.7 Å². The largest absolute Gasteiger partial charge is 0.373 e. The molecular formula is C32H40F3N7O. The van der Waals surface area contributed by atoms with Crippen molar-refractivity contribution in [1.29, 1.82) is 0 Å². The maximum atomic E-state index is 15.4. The first-order valence-corrected chi connectivity index (χ1v) is 15.1. The number of imidazole rings is 1. The number of rotatable bonds is 8. The van der Waals surface area contributed by atoms with E-state index in [-0.39, 0.29) is 29.5 Å². The highest BCUT2D eigenvalue weighted by Crippen LogP contribution is 2.29. The Morgan fingerprint density at radius 2 is 1.98 bits per heavy atom. The third-order valence-corrected chi connectivity index (χ3v) is 8.69. The van der Waals surface area contributed by atoms with Gasteiger partial charge in [0.1, 0.15) is 35.7 Å². The Morgan fingerprint density at radius 1 is 1.14 bits per heavy atom. The first kappa shape index (κ1) is 29.8. The molecule has 8 nitrogen and oxygen atoms in total. The van der Waals surface area contributed by atoms with Gasteiger partial charge >= 0.3 is 0 Å². The Kier molecular flexibility index (Phi) is 8.32. The molecule has 2 saturated heterocycles. The molecule has 2 fully saturated rings. The zero-order chi connectivity index (χ0) is 30.3. The van der Waals surface area contributed by atoms with Crippen molar-refractivity contribution in [2.45, 2.75) is 64.9 Å². The van der Waals surface area contributed by atoms with Crippen molar-refractivity contribution in [2.24, 2.45) is 4.99 Å². The SMILES string of the molecule is Cc1nc2c(F)cc(C3=NCN(c4ccc(CN5CCO[C@](C)(CCN6CC[C@@H](F)C6)C5)cn4)C=C3F)cc2n1C(C)C. The molecule has 0 spiro atoms. The molecule has 0 amide bonds. The first-order valence-electron chi connectivity index (χ1n) is 15.1. The van der Waals surface area contributed by atoms with E-state index >= 15 is 4.39 Å². The molecule has 6 rings (SSSR count). The smallest absolute Gasteiger partial charge is 0.165 e. The molecule has 0 bridgehead atoms. The summed E-state index contributed by atoms with van der Waals surface area (Å²) in [6.07, 6.45) is 3.97. The van der Waals surface area contributed by atoms with Crippen molar-refractivity contribution >= 4 is 22.6 Å². The number of aryl methyl sites for hydroxylation is 1. The normalized spacial score (nSPS) is 23.8. The molecule has 11 heteroatoms. The van der Waals surface area contributed by atoms with E-state index in [1.54, 1.807) is 11.0 Å². The van der Waals surface area contributed by atoms with E-state index in [0.717, 1.165) is 44.7 Å². The number of hydrogen-bond donors (Lipinski definition) is 0. The minimum atomic E-state index is -0.706. The van der Waals surface area contributed by atoms with Gasteiger partial charge in [-0.15, -0.1) is 0 Å². The van der Waals surface area contributed by atoms with Crippen LogP contribution < -0.4 is 4.90 Å². The lowest BCUT2D eigenvalue weighted by molar-refractivity contribution is -0.106. The van der Waals surface area contributed by atoms with Gasteiger partial charge in [0.05, 0.1) is 17.7 Å². The van der Waals surface area contributed by atoms with Crippen LogP contribution in [0.25, 0.3) is 11.0 Å². The van der Waals surface area contributed by atoms with Crippen molar-refractivity contribution in [1.82, 2.24) is 24.3 Å². The summed E-state index contributed by atoms with van der Waals surface area (Å²) >= 11 is 0. The summed E-state index contributed by atoms with van der Waals surface area (Å²) in [5.41, 5.74) is 2.19. The fraction of sp³-hybridized carbons (Fsp3) is 0.531. The van der Waals surface area contributed by atoms with Crippen LogP contribution in [0.2, 0.25) is 0 Å². The van der Waals surface area contributed by atoms with E-state index in [1.165, 1.54) is 12.3 Å². The van der Waals surface area contributed by atoms with Crippen LogP contribution >= 0.6 is 0 Å². The fourth-order valence-electron chi connectivity index (χ4n) is 6.51. The minimum absolute atomic E-state index is 0.0807. The van der Waals surface area contributed by atoms with Crippen LogP contribution in [-0.2, 0) is 11.3 Å². The Labute approximate surface area is 250 Å². The number of ether oxygens (including phenoxy) is 1. The van der Waals surface area contributed by atoms with E-state index in [1.807, 2.05) is 43.7 Å². The second-order valence-electron chi connectivity index (χ2n) is 12.5. The number of aliphatic imine (C=N–C) groups is 1. The molecule has 2 atom stereocenters. The van der Waals surface area contributed by atoms with Crippen molar-refractivity contribution < 1.29 is 17.9 Å².